The molecule has 0 spiro atoms. The average Bonchev–Trinajstić information content (AvgIpc) is 2.26. The zero-order chi connectivity index (χ0) is 12.1. The first-order valence-electron chi connectivity index (χ1n) is 4.78. The zero-order valence-electron chi connectivity index (χ0n) is 8.81. The lowest BCUT2D eigenvalue weighted by Gasteiger charge is -2.09. The van der Waals surface area contributed by atoms with Gasteiger partial charge in [-0.2, -0.15) is 11.8 Å². The molecule has 0 amide bonds. The van der Waals surface area contributed by atoms with Crippen LogP contribution in [0.1, 0.15) is 22.8 Å². The van der Waals surface area contributed by atoms with Crippen molar-refractivity contribution in [2.75, 3.05) is 6.61 Å². The Hall–Kier alpha value is -1.07. The molecule has 0 saturated carbocycles. The molecule has 1 atom stereocenters. The Kier molecular flexibility index (Phi) is 4.76. The molecule has 0 aliphatic heterocycles. The molecule has 0 bridgehead atoms. The Morgan fingerprint density at radius 1 is 1.56 bits per heavy atom. The van der Waals surface area contributed by atoms with E-state index in [1.165, 1.54) is 23.9 Å². The third-order valence-electron chi connectivity index (χ3n) is 2.08. The zero-order valence-corrected chi connectivity index (χ0v) is 9.63. The number of thioether (sulfide) groups is 1. The van der Waals surface area contributed by atoms with Crippen molar-refractivity contribution >= 4 is 17.7 Å². The van der Waals surface area contributed by atoms with Crippen LogP contribution in [0.2, 0.25) is 0 Å². The van der Waals surface area contributed by atoms with Crippen LogP contribution in [0.25, 0.3) is 0 Å². The third-order valence-corrected chi connectivity index (χ3v) is 3.28. The molecule has 1 aromatic carbocycles. The third kappa shape index (κ3) is 3.50. The van der Waals surface area contributed by atoms with Gasteiger partial charge in [0.05, 0.1) is 12.2 Å². The van der Waals surface area contributed by atoms with Gasteiger partial charge in [0.1, 0.15) is 5.82 Å². The van der Waals surface area contributed by atoms with Gasteiger partial charge in [-0.3, -0.25) is 0 Å². The van der Waals surface area contributed by atoms with Gasteiger partial charge in [-0.15, -0.1) is 0 Å². The van der Waals surface area contributed by atoms with E-state index in [4.69, 9.17) is 10.2 Å². The second-order valence-corrected chi connectivity index (χ2v) is 4.84. The van der Waals surface area contributed by atoms with Crippen molar-refractivity contribution < 1.29 is 19.4 Å². The van der Waals surface area contributed by atoms with E-state index in [2.05, 4.69) is 0 Å². The van der Waals surface area contributed by atoms with E-state index < -0.39 is 11.8 Å². The van der Waals surface area contributed by atoms with Crippen molar-refractivity contribution in [1.29, 1.82) is 0 Å². The van der Waals surface area contributed by atoms with Crippen LogP contribution in [0.15, 0.2) is 18.2 Å². The van der Waals surface area contributed by atoms with E-state index in [9.17, 15) is 9.18 Å². The molecule has 88 valence electrons. The van der Waals surface area contributed by atoms with E-state index in [1.54, 1.807) is 0 Å². The number of hydrogen-bond acceptors (Lipinski definition) is 3. The Bertz CT molecular complexity index is 381. The van der Waals surface area contributed by atoms with Crippen LogP contribution in [0.3, 0.4) is 0 Å². The fourth-order valence-corrected chi connectivity index (χ4v) is 1.98. The van der Waals surface area contributed by atoms with E-state index >= 15 is 0 Å². The van der Waals surface area contributed by atoms with Crippen LogP contribution in [0.4, 0.5) is 4.39 Å². The summed E-state index contributed by atoms with van der Waals surface area (Å²) in [6.45, 7) is 1.88. The van der Waals surface area contributed by atoms with E-state index in [1.807, 2.05) is 6.92 Å². The maximum atomic E-state index is 12.9. The molecule has 0 fully saturated rings. The summed E-state index contributed by atoms with van der Waals surface area (Å²) < 4.78 is 12.9. The Labute approximate surface area is 97.3 Å². The number of carboxylic acid groups (broad SMARTS) is 1. The second kappa shape index (κ2) is 5.86. The Balaban J connectivity index is 2.82. The summed E-state index contributed by atoms with van der Waals surface area (Å²) in [5.74, 6) is -1.24. The quantitative estimate of drug-likeness (QED) is 0.833. The lowest BCUT2D eigenvalue weighted by atomic mass is 10.1. The predicted octanol–water partition coefficient (Wildman–Crippen LogP) is 2.14. The van der Waals surface area contributed by atoms with Crippen LogP contribution >= 0.6 is 11.8 Å². The van der Waals surface area contributed by atoms with Gasteiger partial charge in [-0.05, 0) is 17.7 Å². The number of aliphatic hydroxyl groups is 1. The van der Waals surface area contributed by atoms with Crippen molar-refractivity contribution in [2.45, 2.75) is 17.9 Å². The molecule has 1 unspecified atom stereocenters. The van der Waals surface area contributed by atoms with E-state index in [0.29, 0.717) is 11.3 Å². The predicted molar refractivity (Wildman–Crippen MR) is 61.2 cm³/mol. The minimum Gasteiger partial charge on any atom is -0.478 e. The summed E-state index contributed by atoms with van der Waals surface area (Å²) in [6, 6.07) is 3.73. The van der Waals surface area contributed by atoms with Crippen LogP contribution in [-0.4, -0.2) is 28.0 Å². The highest BCUT2D eigenvalue weighted by molar-refractivity contribution is 7.99. The van der Waals surface area contributed by atoms with Crippen LogP contribution < -0.4 is 0 Å². The maximum Gasteiger partial charge on any atom is 0.336 e. The second-order valence-electron chi connectivity index (χ2n) is 3.41. The highest BCUT2D eigenvalue weighted by Crippen LogP contribution is 2.21. The summed E-state index contributed by atoms with van der Waals surface area (Å²) in [5, 5.41) is 17.8. The van der Waals surface area contributed by atoms with Crippen molar-refractivity contribution in [3.05, 3.63) is 35.1 Å². The molecule has 0 saturated heterocycles. The topological polar surface area (TPSA) is 57.5 Å². The summed E-state index contributed by atoms with van der Waals surface area (Å²) in [7, 11) is 0. The number of halogens is 1. The fraction of sp³-hybridized carbons (Fsp3) is 0.364. The molecule has 0 aliphatic rings. The van der Waals surface area contributed by atoms with Crippen LogP contribution in [0.5, 0.6) is 0 Å². The van der Waals surface area contributed by atoms with Gasteiger partial charge in [-0.25, -0.2) is 9.18 Å². The van der Waals surface area contributed by atoms with Gasteiger partial charge >= 0.3 is 5.97 Å². The van der Waals surface area contributed by atoms with E-state index in [0.717, 1.165) is 6.07 Å². The first-order chi connectivity index (χ1) is 7.54. The number of aromatic carboxylic acids is 1. The summed E-state index contributed by atoms with van der Waals surface area (Å²) in [5.41, 5.74) is 0.553. The van der Waals surface area contributed by atoms with Gasteiger partial charge in [0.2, 0.25) is 0 Å². The summed E-state index contributed by atoms with van der Waals surface area (Å²) in [6.07, 6.45) is 0. The molecule has 5 heteroatoms. The van der Waals surface area contributed by atoms with Crippen molar-refractivity contribution in [2.24, 2.45) is 0 Å². The van der Waals surface area contributed by atoms with Crippen LogP contribution in [0, 0.1) is 5.82 Å². The molecule has 2 N–H and O–H groups in total. The molecule has 0 radical (unpaired) electrons. The van der Waals surface area contributed by atoms with Gasteiger partial charge in [-0.1, -0.05) is 13.0 Å². The lowest BCUT2D eigenvalue weighted by molar-refractivity contribution is 0.0695. The SMILES string of the molecule is CC(CO)SCc1ccc(F)cc1C(=O)O. The Morgan fingerprint density at radius 3 is 2.81 bits per heavy atom. The van der Waals surface area contributed by atoms with Crippen molar-refractivity contribution in [3.63, 3.8) is 0 Å². The van der Waals surface area contributed by atoms with E-state index in [-0.39, 0.29) is 17.4 Å². The standard InChI is InChI=1S/C11H13FO3S/c1-7(5-13)16-6-8-2-3-9(12)4-10(8)11(14)15/h2-4,7,13H,5-6H2,1H3,(H,14,15). The first-order valence-corrected chi connectivity index (χ1v) is 5.83. The molecule has 1 aromatic rings. The molecule has 3 nitrogen and oxygen atoms in total. The molecule has 0 aromatic heterocycles. The average molecular weight is 244 g/mol. The largest absolute Gasteiger partial charge is 0.478 e. The number of rotatable bonds is 5. The number of aliphatic hydroxyl groups excluding tert-OH is 1. The van der Waals surface area contributed by atoms with Gasteiger partial charge in [0, 0.05) is 11.0 Å². The van der Waals surface area contributed by atoms with Gasteiger partial charge in [0.25, 0.3) is 0 Å². The molecule has 0 heterocycles. The molecular weight excluding hydrogens is 231 g/mol. The smallest absolute Gasteiger partial charge is 0.336 e. The summed E-state index contributed by atoms with van der Waals surface area (Å²) in [4.78, 5) is 10.9. The van der Waals surface area contributed by atoms with Gasteiger partial charge in [0.15, 0.2) is 0 Å². The first kappa shape index (κ1) is 13.0. The van der Waals surface area contributed by atoms with Crippen molar-refractivity contribution in [1.82, 2.24) is 0 Å². The minimum atomic E-state index is -1.13. The monoisotopic (exact) mass is 244 g/mol. The van der Waals surface area contributed by atoms with Crippen molar-refractivity contribution in [3.8, 4) is 0 Å². The maximum absolute atomic E-state index is 12.9. The normalized spacial score (nSPS) is 12.4. The van der Waals surface area contributed by atoms with Gasteiger partial charge < -0.3 is 10.2 Å². The molecule has 1 rings (SSSR count). The molecular formula is C11H13FO3S. The number of hydrogen-bond donors (Lipinski definition) is 2. The highest BCUT2D eigenvalue weighted by atomic mass is 32.2. The van der Waals surface area contributed by atoms with Crippen LogP contribution in [-0.2, 0) is 5.75 Å². The number of benzene rings is 1. The fourth-order valence-electron chi connectivity index (χ4n) is 1.16. The summed E-state index contributed by atoms with van der Waals surface area (Å²) >= 11 is 1.43. The lowest BCUT2D eigenvalue weighted by Crippen LogP contribution is -2.06. The minimum absolute atomic E-state index is 0.0161. The number of carboxylic acids is 1. The number of carbonyl (C=O) groups is 1. The molecule has 0 aliphatic carbocycles. The Morgan fingerprint density at radius 2 is 2.25 bits per heavy atom. The highest BCUT2D eigenvalue weighted by Gasteiger charge is 2.12. The molecule has 16 heavy (non-hydrogen) atoms.